The zero-order chi connectivity index (χ0) is 20.8. The van der Waals surface area contributed by atoms with Gasteiger partial charge in [-0.3, -0.25) is 4.79 Å². The zero-order valence-electron chi connectivity index (χ0n) is 16.1. The number of piperidine rings is 1. The Morgan fingerprint density at radius 2 is 1.97 bits per heavy atom. The third-order valence-corrected chi connectivity index (χ3v) is 6.28. The minimum atomic E-state index is -1.02. The summed E-state index contributed by atoms with van der Waals surface area (Å²) >= 11 is 0. The molecule has 148 valence electrons. The van der Waals surface area contributed by atoms with Crippen LogP contribution in [0.25, 0.3) is 0 Å². The Balaban J connectivity index is 1.72. The second-order valence-corrected chi connectivity index (χ2v) is 7.81. The smallest absolute Gasteiger partial charge is 0.335 e. The number of phenolic OH excluding ortho intramolecular Hbond substituents is 1. The molecule has 2 aliphatic rings. The van der Waals surface area contributed by atoms with Gasteiger partial charge in [-0.2, -0.15) is 0 Å². The van der Waals surface area contributed by atoms with E-state index in [1.165, 1.54) is 12.1 Å². The maximum Gasteiger partial charge on any atom is 0.335 e. The van der Waals surface area contributed by atoms with E-state index in [9.17, 15) is 14.7 Å². The first-order chi connectivity index (χ1) is 13.9. The van der Waals surface area contributed by atoms with E-state index in [-0.39, 0.29) is 23.3 Å². The fourth-order valence-electron chi connectivity index (χ4n) is 4.77. The van der Waals surface area contributed by atoms with Crippen LogP contribution in [0.4, 0.5) is 5.69 Å². The number of likely N-dealkylation sites (N-methyl/N-ethyl adjacent to an activating group) is 1. The van der Waals surface area contributed by atoms with Gasteiger partial charge in [0.1, 0.15) is 5.75 Å². The summed E-state index contributed by atoms with van der Waals surface area (Å²) in [4.78, 5) is 26.6. The maximum absolute atomic E-state index is 13.4. The van der Waals surface area contributed by atoms with Gasteiger partial charge >= 0.3 is 5.97 Å². The van der Waals surface area contributed by atoms with E-state index in [0.717, 1.165) is 17.7 Å². The molecule has 0 spiro atoms. The number of likely N-dealkylation sites (tertiary alicyclic amines) is 1. The van der Waals surface area contributed by atoms with E-state index in [1.54, 1.807) is 24.3 Å². The maximum atomic E-state index is 13.4. The number of carboxylic acids is 1. The first-order valence-corrected chi connectivity index (χ1v) is 9.50. The van der Waals surface area contributed by atoms with Crippen LogP contribution in [0.15, 0.2) is 42.5 Å². The fraction of sp³-hybridized carbons (Fsp3) is 0.304. The largest absolute Gasteiger partial charge is 0.508 e. The van der Waals surface area contributed by atoms with Crippen molar-refractivity contribution in [1.82, 2.24) is 4.90 Å². The van der Waals surface area contributed by atoms with Gasteiger partial charge in [-0.25, -0.2) is 4.79 Å². The van der Waals surface area contributed by atoms with Crippen LogP contribution in [-0.4, -0.2) is 46.6 Å². The van der Waals surface area contributed by atoms with Gasteiger partial charge in [-0.05, 0) is 74.0 Å². The van der Waals surface area contributed by atoms with Crippen molar-refractivity contribution in [3.63, 3.8) is 0 Å². The third-order valence-electron chi connectivity index (χ3n) is 6.28. The highest BCUT2D eigenvalue weighted by Crippen LogP contribution is 2.49. The van der Waals surface area contributed by atoms with E-state index in [2.05, 4.69) is 16.1 Å². The summed E-state index contributed by atoms with van der Waals surface area (Å²) in [6, 6.07) is 11.2. The molecule has 3 N–H and O–H groups in total. The topological polar surface area (TPSA) is 89.9 Å². The molecule has 29 heavy (non-hydrogen) atoms. The second kappa shape index (κ2) is 6.94. The lowest BCUT2D eigenvalue weighted by atomic mass is 9.57. The highest BCUT2D eigenvalue weighted by Gasteiger charge is 2.55. The molecule has 1 saturated heterocycles. The van der Waals surface area contributed by atoms with Crippen molar-refractivity contribution in [3.05, 3.63) is 59.2 Å². The van der Waals surface area contributed by atoms with Crippen molar-refractivity contribution in [2.45, 2.75) is 24.3 Å². The number of phenols is 1. The zero-order valence-corrected chi connectivity index (χ0v) is 16.1. The third kappa shape index (κ3) is 3.04. The van der Waals surface area contributed by atoms with Crippen LogP contribution < -0.4 is 5.32 Å². The van der Waals surface area contributed by atoms with Gasteiger partial charge < -0.3 is 20.4 Å². The number of rotatable bonds is 3. The number of fused-ring (bicyclic) bond motifs is 4. The molecule has 6 heteroatoms. The molecule has 3 atom stereocenters. The monoisotopic (exact) mass is 390 g/mol. The summed E-state index contributed by atoms with van der Waals surface area (Å²) in [6.45, 7) is 0.765. The number of hydrogen-bond acceptors (Lipinski definition) is 4. The number of terminal acetylenes is 1. The Bertz CT molecular complexity index is 1020. The van der Waals surface area contributed by atoms with Gasteiger partial charge in [-0.15, -0.1) is 6.42 Å². The molecule has 1 aliphatic carbocycles. The molecule has 0 aromatic heterocycles. The number of nitrogens with zero attached hydrogens (tertiary/aromatic N) is 1. The Kier molecular flexibility index (Phi) is 4.56. The van der Waals surface area contributed by atoms with Crippen LogP contribution in [0.2, 0.25) is 0 Å². The molecule has 2 aromatic rings. The summed E-state index contributed by atoms with van der Waals surface area (Å²) in [6.07, 6.45) is 7.32. The molecule has 1 heterocycles. The Morgan fingerprint density at radius 3 is 2.62 bits per heavy atom. The number of benzene rings is 2. The Hall–Kier alpha value is -3.30. The Labute approximate surface area is 169 Å². The van der Waals surface area contributed by atoms with Gasteiger partial charge in [0, 0.05) is 11.7 Å². The van der Waals surface area contributed by atoms with Crippen molar-refractivity contribution >= 4 is 17.6 Å². The molecule has 1 unspecified atom stereocenters. The summed E-state index contributed by atoms with van der Waals surface area (Å²) in [7, 11) is 2.00. The van der Waals surface area contributed by atoms with Gasteiger partial charge in [0.05, 0.1) is 16.9 Å². The number of carboxylic acid groups (broad SMARTS) is 1. The first kappa shape index (κ1) is 19.0. The van der Waals surface area contributed by atoms with Crippen LogP contribution >= 0.6 is 0 Å². The van der Waals surface area contributed by atoms with Crippen molar-refractivity contribution in [3.8, 4) is 18.1 Å². The molecule has 4 rings (SSSR count). The molecule has 6 nitrogen and oxygen atoms in total. The lowest BCUT2D eigenvalue weighted by molar-refractivity contribution is -0.126. The molecule has 2 aromatic carbocycles. The molecule has 1 fully saturated rings. The quantitative estimate of drug-likeness (QED) is 0.701. The molecule has 0 radical (unpaired) electrons. The first-order valence-electron chi connectivity index (χ1n) is 9.50. The number of aromatic hydroxyl groups is 1. The van der Waals surface area contributed by atoms with E-state index in [1.807, 2.05) is 13.1 Å². The molecule has 2 bridgehead atoms. The minimum Gasteiger partial charge on any atom is -0.508 e. The highest BCUT2D eigenvalue weighted by atomic mass is 16.4. The Morgan fingerprint density at radius 1 is 1.24 bits per heavy atom. The summed E-state index contributed by atoms with van der Waals surface area (Å²) in [5, 5.41) is 22.0. The normalized spacial score (nSPS) is 25.5. The van der Waals surface area contributed by atoms with Gasteiger partial charge in [0.25, 0.3) is 0 Å². The minimum absolute atomic E-state index is 0.0601. The number of anilines is 1. The average molecular weight is 390 g/mol. The van der Waals surface area contributed by atoms with Crippen molar-refractivity contribution < 1.29 is 19.8 Å². The molecular weight excluding hydrogens is 368 g/mol. The van der Waals surface area contributed by atoms with E-state index < -0.39 is 17.3 Å². The van der Waals surface area contributed by atoms with Crippen molar-refractivity contribution in [2.75, 3.05) is 18.9 Å². The van der Waals surface area contributed by atoms with E-state index in [0.29, 0.717) is 18.5 Å². The summed E-state index contributed by atoms with van der Waals surface area (Å²) in [5.74, 6) is 1.35. The highest BCUT2D eigenvalue weighted by molar-refractivity contribution is 5.96. The number of aromatic carboxylic acids is 1. The van der Waals surface area contributed by atoms with Gasteiger partial charge in [-0.1, -0.05) is 12.0 Å². The van der Waals surface area contributed by atoms with Crippen molar-refractivity contribution in [1.29, 1.82) is 0 Å². The number of nitrogens with one attached hydrogen (secondary N) is 1. The molecule has 0 saturated carbocycles. The van der Waals surface area contributed by atoms with Crippen LogP contribution in [0.1, 0.15) is 27.9 Å². The van der Waals surface area contributed by atoms with Crippen molar-refractivity contribution in [2.24, 2.45) is 5.92 Å². The van der Waals surface area contributed by atoms with Crippen LogP contribution in [-0.2, 0) is 16.6 Å². The molecule has 1 amide bonds. The van der Waals surface area contributed by atoms with Crippen LogP contribution in [0, 0.1) is 18.3 Å². The number of amides is 1. The fourth-order valence-corrected chi connectivity index (χ4v) is 4.77. The number of hydrogen-bond donors (Lipinski definition) is 3. The van der Waals surface area contributed by atoms with Crippen LogP contribution in [0.3, 0.4) is 0 Å². The standard InChI is InChI=1S/C23H22N2O4/c1-3-23-10-11-25(2)19(12-15-6-9-17(26)13-18(15)23)20(23)21(27)24-16-7-4-14(5-8-16)22(28)29/h1,4-9,13,19-20,26H,10-12H2,2H3,(H,24,27)(H,28,29)/t19?,20-,23-/m1/s1. The summed E-state index contributed by atoms with van der Waals surface area (Å²) in [5.41, 5.74) is 1.79. The second-order valence-electron chi connectivity index (χ2n) is 7.81. The lowest BCUT2D eigenvalue weighted by Gasteiger charge is -2.52. The molecular formula is C23H22N2O4. The van der Waals surface area contributed by atoms with Gasteiger partial charge in [0.15, 0.2) is 0 Å². The number of carbonyl (C=O) groups is 2. The number of carbonyl (C=O) groups excluding carboxylic acids is 1. The predicted molar refractivity (Wildman–Crippen MR) is 109 cm³/mol. The summed E-state index contributed by atoms with van der Waals surface area (Å²) < 4.78 is 0. The van der Waals surface area contributed by atoms with E-state index >= 15 is 0 Å². The van der Waals surface area contributed by atoms with Crippen LogP contribution in [0.5, 0.6) is 5.75 Å². The molecule has 1 aliphatic heterocycles. The SMILES string of the molecule is C#C[C@@]12CCN(C)C(Cc3ccc(O)cc31)[C@@H]2C(=O)Nc1ccc(C(=O)O)cc1. The average Bonchev–Trinajstić information content (AvgIpc) is 2.71. The predicted octanol–water partition coefficient (Wildman–Crippen LogP) is 2.48. The lowest BCUT2D eigenvalue weighted by Crippen LogP contribution is -2.61. The van der Waals surface area contributed by atoms with Gasteiger partial charge in [0.2, 0.25) is 5.91 Å². The van der Waals surface area contributed by atoms with E-state index in [4.69, 9.17) is 11.5 Å².